The van der Waals surface area contributed by atoms with Gasteiger partial charge in [-0.1, -0.05) is 30.2 Å². The molecule has 8 heteroatoms. The highest BCUT2D eigenvalue weighted by Crippen LogP contribution is 2.22. The van der Waals surface area contributed by atoms with Crippen LogP contribution >= 0.6 is 11.6 Å². The molecule has 1 atom stereocenters. The van der Waals surface area contributed by atoms with Crippen molar-refractivity contribution >= 4 is 33.2 Å². The number of hydrogen-bond acceptors (Lipinski definition) is 4. The normalized spacial score (nSPS) is 16.4. The van der Waals surface area contributed by atoms with Crippen LogP contribution in [0.5, 0.6) is 0 Å². The van der Waals surface area contributed by atoms with E-state index >= 15 is 0 Å². The highest BCUT2D eigenvalue weighted by atomic mass is 35.5. The fraction of sp³-hybridized carbons (Fsp3) is 0.409. The van der Waals surface area contributed by atoms with Crippen molar-refractivity contribution in [3.05, 3.63) is 59.1 Å². The highest BCUT2D eigenvalue weighted by Gasteiger charge is 2.26. The number of halogens is 1. The summed E-state index contributed by atoms with van der Waals surface area (Å²) < 4.78 is 27.0. The Morgan fingerprint density at radius 3 is 2.27 bits per heavy atom. The molecular weight excluding hydrogens is 422 g/mol. The first-order chi connectivity index (χ1) is 14.3. The van der Waals surface area contributed by atoms with Gasteiger partial charge in [-0.15, -0.1) is 0 Å². The zero-order chi connectivity index (χ0) is 21.7. The molecule has 1 aliphatic rings. The molecule has 30 heavy (non-hydrogen) atoms. The molecule has 1 aliphatic heterocycles. The van der Waals surface area contributed by atoms with Gasteiger partial charge in [-0.05, 0) is 68.8 Å². The monoisotopic (exact) mass is 449 g/mol. The standard InChI is InChI=1S/C22H28ClN3O3S/c1-17(25(2)16-18-6-8-19(23)9-7-18)22(27)24-20-10-12-21(13-11-20)30(28,29)26-14-4-3-5-15-26/h6-13,17H,3-5,14-16H2,1-2H3,(H,24,27). The minimum atomic E-state index is -3.47. The maximum Gasteiger partial charge on any atom is 0.243 e. The molecule has 3 rings (SSSR count). The molecule has 0 bridgehead atoms. The maximum atomic E-state index is 12.7. The van der Waals surface area contributed by atoms with Crippen molar-refractivity contribution in [1.82, 2.24) is 9.21 Å². The number of likely N-dealkylation sites (N-methyl/N-ethyl adjacent to an activating group) is 1. The third-order valence-electron chi connectivity index (χ3n) is 5.46. The Labute approximate surface area is 183 Å². The summed E-state index contributed by atoms with van der Waals surface area (Å²) in [7, 11) is -1.59. The third kappa shape index (κ3) is 5.60. The van der Waals surface area contributed by atoms with Crippen LogP contribution in [0.2, 0.25) is 5.02 Å². The lowest BCUT2D eigenvalue weighted by atomic mass is 10.2. The molecule has 0 spiro atoms. The van der Waals surface area contributed by atoms with Crippen molar-refractivity contribution in [3.63, 3.8) is 0 Å². The fourth-order valence-corrected chi connectivity index (χ4v) is 5.07. The Balaban J connectivity index is 1.60. The second-order valence-electron chi connectivity index (χ2n) is 7.70. The maximum absolute atomic E-state index is 12.7. The molecule has 1 heterocycles. The molecule has 2 aromatic rings. The Kier molecular flexibility index (Phi) is 7.52. The van der Waals surface area contributed by atoms with Crippen molar-refractivity contribution in [3.8, 4) is 0 Å². The van der Waals surface area contributed by atoms with Gasteiger partial charge in [-0.2, -0.15) is 4.31 Å². The summed E-state index contributed by atoms with van der Waals surface area (Å²) in [5.41, 5.74) is 1.64. The smallest absolute Gasteiger partial charge is 0.243 e. The molecule has 1 unspecified atom stereocenters. The van der Waals surface area contributed by atoms with Crippen LogP contribution < -0.4 is 5.32 Å². The van der Waals surface area contributed by atoms with E-state index < -0.39 is 10.0 Å². The molecule has 2 aromatic carbocycles. The first-order valence-corrected chi connectivity index (χ1v) is 11.9. The Morgan fingerprint density at radius 2 is 1.67 bits per heavy atom. The largest absolute Gasteiger partial charge is 0.325 e. The van der Waals surface area contributed by atoms with E-state index in [0.717, 1.165) is 24.8 Å². The van der Waals surface area contributed by atoms with E-state index in [2.05, 4.69) is 5.32 Å². The van der Waals surface area contributed by atoms with Crippen LogP contribution in [0.3, 0.4) is 0 Å². The summed E-state index contributed by atoms with van der Waals surface area (Å²) in [6.45, 7) is 3.58. The molecule has 1 saturated heterocycles. The Morgan fingerprint density at radius 1 is 1.07 bits per heavy atom. The number of carbonyl (C=O) groups excluding carboxylic acids is 1. The molecule has 0 aromatic heterocycles. The van der Waals surface area contributed by atoms with Gasteiger partial charge in [0.05, 0.1) is 10.9 Å². The summed E-state index contributed by atoms with van der Waals surface area (Å²) in [4.78, 5) is 14.8. The molecule has 162 valence electrons. The average molecular weight is 450 g/mol. The van der Waals surface area contributed by atoms with E-state index in [0.29, 0.717) is 30.3 Å². The van der Waals surface area contributed by atoms with Crippen LogP contribution in [0.4, 0.5) is 5.69 Å². The second-order valence-corrected chi connectivity index (χ2v) is 10.1. The number of carbonyl (C=O) groups is 1. The van der Waals surface area contributed by atoms with Gasteiger partial charge < -0.3 is 5.32 Å². The first kappa shape index (κ1) is 22.7. The minimum Gasteiger partial charge on any atom is -0.325 e. The van der Waals surface area contributed by atoms with Crippen molar-refractivity contribution in [2.45, 2.75) is 43.7 Å². The van der Waals surface area contributed by atoms with Gasteiger partial charge in [0.25, 0.3) is 0 Å². The summed E-state index contributed by atoms with van der Waals surface area (Å²) in [6.07, 6.45) is 2.87. The quantitative estimate of drug-likeness (QED) is 0.694. The van der Waals surface area contributed by atoms with Crippen molar-refractivity contribution in [2.75, 3.05) is 25.5 Å². The Bertz CT molecular complexity index is 956. The highest BCUT2D eigenvalue weighted by molar-refractivity contribution is 7.89. The molecule has 0 aliphatic carbocycles. The predicted molar refractivity (Wildman–Crippen MR) is 120 cm³/mol. The van der Waals surface area contributed by atoms with Crippen LogP contribution in [-0.2, 0) is 21.4 Å². The predicted octanol–water partition coefficient (Wildman–Crippen LogP) is 3.97. The number of hydrogen-bond donors (Lipinski definition) is 1. The van der Waals surface area contributed by atoms with Gasteiger partial charge in [-0.25, -0.2) is 8.42 Å². The summed E-state index contributed by atoms with van der Waals surface area (Å²) >= 11 is 5.92. The van der Waals surface area contributed by atoms with Crippen LogP contribution in [-0.4, -0.2) is 49.7 Å². The van der Waals surface area contributed by atoms with Gasteiger partial charge in [0.15, 0.2) is 0 Å². The SMILES string of the molecule is CC(C(=O)Nc1ccc(S(=O)(=O)N2CCCCC2)cc1)N(C)Cc1ccc(Cl)cc1. The zero-order valence-electron chi connectivity index (χ0n) is 17.3. The van der Waals surface area contributed by atoms with Gasteiger partial charge in [0.2, 0.25) is 15.9 Å². The molecule has 6 nitrogen and oxygen atoms in total. The lowest BCUT2D eigenvalue weighted by Crippen LogP contribution is -2.39. The molecule has 0 radical (unpaired) electrons. The van der Waals surface area contributed by atoms with E-state index in [-0.39, 0.29) is 16.8 Å². The van der Waals surface area contributed by atoms with Gasteiger partial charge in [0.1, 0.15) is 0 Å². The molecule has 1 N–H and O–H groups in total. The number of nitrogens with zero attached hydrogens (tertiary/aromatic N) is 2. The van der Waals surface area contributed by atoms with Gasteiger partial charge in [-0.3, -0.25) is 9.69 Å². The molecule has 0 saturated carbocycles. The molecule has 1 fully saturated rings. The summed E-state index contributed by atoms with van der Waals surface area (Å²) in [6, 6.07) is 13.6. The Hall–Kier alpha value is -1.93. The first-order valence-electron chi connectivity index (χ1n) is 10.1. The third-order valence-corrected chi connectivity index (χ3v) is 7.63. The average Bonchev–Trinajstić information content (AvgIpc) is 2.75. The summed E-state index contributed by atoms with van der Waals surface area (Å²) in [5.74, 6) is -0.155. The van der Waals surface area contributed by atoms with Crippen LogP contribution in [0, 0.1) is 0 Å². The van der Waals surface area contributed by atoms with E-state index in [1.165, 1.54) is 4.31 Å². The van der Waals surface area contributed by atoms with E-state index in [1.54, 1.807) is 24.3 Å². The van der Waals surface area contributed by atoms with Crippen LogP contribution in [0.1, 0.15) is 31.7 Å². The topological polar surface area (TPSA) is 69.7 Å². The number of sulfonamides is 1. The van der Waals surface area contributed by atoms with Crippen molar-refractivity contribution in [2.24, 2.45) is 0 Å². The van der Waals surface area contributed by atoms with Crippen molar-refractivity contribution < 1.29 is 13.2 Å². The lowest BCUT2D eigenvalue weighted by molar-refractivity contribution is -0.120. The fourth-order valence-electron chi connectivity index (χ4n) is 3.43. The van der Waals surface area contributed by atoms with Crippen LogP contribution in [0.25, 0.3) is 0 Å². The second kappa shape index (κ2) is 9.92. The molecular formula is C22H28ClN3O3S. The zero-order valence-corrected chi connectivity index (χ0v) is 18.9. The number of rotatable bonds is 7. The van der Waals surface area contributed by atoms with E-state index in [9.17, 15) is 13.2 Å². The molecule has 1 amide bonds. The number of anilines is 1. The minimum absolute atomic E-state index is 0.155. The van der Waals surface area contributed by atoms with Gasteiger partial charge in [0, 0.05) is 30.3 Å². The van der Waals surface area contributed by atoms with E-state index in [4.69, 9.17) is 11.6 Å². The lowest BCUT2D eigenvalue weighted by Gasteiger charge is -2.26. The number of piperidine rings is 1. The van der Waals surface area contributed by atoms with Crippen molar-refractivity contribution in [1.29, 1.82) is 0 Å². The number of nitrogens with one attached hydrogen (secondary N) is 1. The van der Waals surface area contributed by atoms with Crippen LogP contribution in [0.15, 0.2) is 53.4 Å². The van der Waals surface area contributed by atoms with E-state index in [1.807, 2.05) is 43.1 Å². The number of amides is 1. The number of benzene rings is 2. The van der Waals surface area contributed by atoms with Gasteiger partial charge >= 0.3 is 0 Å². The summed E-state index contributed by atoms with van der Waals surface area (Å²) in [5, 5.41) is 3.54.